The number of halogens is 1. The Hall–Kier alpha value is -3.98. The molecule has 5 aromatic rings. The number of imidazole rings is 1. The Balaban J connectivity index is 1.67. The third kappa shape index (κ3) is 3.05. The van der Waals surface area contributed by atoms with Crippen molar-refractivity contribution in [2.75, 3.05) is 0 Å². The van der Waals surface area contributed by atoms with E-state index in [4.69, 9.17) is 0 Å². The minimum Gasteiger partial charge on any atom is -0.229 e. The van der Waals surface area contributed by atoms with Crippen LogP contribution in [0, 0.1) is 5.82 Å². The van der Waals surface area contributed by atoms with Gasteiger partial charge in [0, 0.05) is 17.5 Å². The van der Waals surface area contributed by atoms with Gasteiger partial charge in [-0.1, -0.05) is 78.9 Å². The molecule has 154 valence electrons. The van der Waals surface area contributed by atoms with E-state index >= 15 is 0 Å². The molecular formula is C29H22FN2+. The molecule has 0 unspecified atom stereocenters. The SMILES string of the molecule is Fc1ccc2c(c1)CC[n+]1ccn(-c3c(-c4ccccc4)cccc3-c3ccccc3)c1-2. The largest absolute Gasteiger partial charge is 0.294 e. The summed E-state index contributed by atoms with van der Waals surface area (Å²) < 4.78 is 18.5. The average molecular weight is 418 g/mol. The lowest BCUT2D eigenvalue weighted by molar-refractivity contribution is -0.686. The van der Waals surface area contributed by atoms with Crippen LogP contribution in [-0.2, 0) is 13.0 Å². The van der Waals surface area contributed by atoms with Gasteiger partial charge in [-0.3, -0.25) is 0 Å². The van der Waals surface area contributed by atoms with Gasteiger partial charge in [0.15, 0.2) is 0 Å². The Kier molecular flexibility index (Phi) is 4.46. The van der Waals surface area contributed by atoms with E-state index in [1.54, 1.807) is 12.1 Å². The number of hydrogen-bond donors (Lipinski definition) is 0. The second-order valence-corrected chi connectivity index (χ2v) is 8.17. The lowest BCUT2D eigenvalue weighted by Crippen LogP contribution is -2.39. The summed E-state index contributed by atoms with van der Waals surface area (Å²) in [5.74, 6) is 0.914. The number of aromatic nitrogens is 2. The summed E-state index contributed by atoms with van der Waals surface area (Å²) in [7, 11) is 0. The van der Waals surface area contributed by atoms with Crippen LogP contribution in [0.3, 0.4) is 0 Å². The van der Waals surface area contributed by atoms with Crippen LogP contribution >= 0.6 is 0 Å². The zero-order chi connectivity index (χ0) is 21.5. The summed E-state index contributed by atoms with van der Waals surface area (Å²) in [4.78, 5) is 0. The number of aryl methyl sites for hydroxylation is 2. The topological polar surface area (TPSA) is 8.81 Å². The van der Waals surface area contributed by atoms with E-state index in [2.05, 4.69) is 88.3 Å². The van der Waals surface area contributed by atoms with Gasteiger partial charge in [-0.2, -0.15) is 4.57 Å². The highest BCUT2D eigenvalue weighted by molar-refractivity contribution is 5.86. The molecule has 2 nitrogen and oxygen atoms in total. The second-order valence-electron chi connectivity index (χ2n) is 8.17. The number of nitrogens with zero attached hydrogens (tertiary/aromatic N) is 2. The van der Waals surface area contributed by atoms with Crippen LogP contribution in [-0.4, -0.2) is 4.57 Å². The number of para-hydroxylation sites is 1. The first-order valence-electron chi connectivity index (χ1n) is 10.9. The van der Waals surface area contributed by atoms with Gasteiger partial charge in [0.25, 0.3) is 5.82 Å². The van der Waals surface area contributed by atoms with Crippen LogP contribution in [0.2, 0.25) is 0 Å². The number of rotatable bonds is 3. The van der Waals surface area contributed by atoms with Crippen LogP contribution in [0.1, 0.15) is 5.56 Å². The smallest absolute Gasteiger partial charge is 0.229 e. The van der Waals surface area contributed by atoms with Crippen LogP contribution in [0.5, 0.6) is 0 Å². The van der Waals surface area contributed by atoms with Crippen LogP contribution in [0.15, 0.2) is 109 Å². The molecule has 0 atom stereocenters. The molecule has 0 amide bonds. The van der Waals surface area contributed by atoms with E-state index < -0.39 is 0 Å². The summed E-state index contributed by atoms with van der Waals surface area (Å²) in [6, 6.07) is 32.7. The molecule has 1 aliphatic rings. The maximum absolute atomic E-state index is 14.0. The monoisotopic (exact) mass is 417 g/mol. The fourth-order valence-electron chi connectivity index (χ4n) is 4.80. The van der Waals surface area contributed by atoms with E-state index in [0.29, 0.717) is 0 Å². The maximum Gasteiger partial charge on any atom is 0.294 e. The van der Waals surface area contributed by atoms with E-state index in [9.17, 15) is 4.39 Å². The minimum atomic E-state index is -0.176. The van der Waals surface area contributed by atoms with Crippen molar-refractivity contribution in [2.45, 2.75) is 13.0 Å². The van der Waals surface area contributed by atoms with Gasteiger partial charge in [0.2, 0.25) is 0 Å². The summed E-state index contributed by atoms with van der Waals surface area (Å²) >= 11 is 0. The third-order valence-corrected chi connectivity index (χ3v) is 6.27. The van der Waals surface area contributed by atoms with Gasteiger partial charge in [-0.25, -0.2) is 8.96 Å². The van der Waals surface area contributed by atoms with Gasteiger partial charge in [0.05, 0.1) is 12.1 Å². The van der Waals surface area contributed by atoms with Crippen molar-refractivity contribution in [3.05, 3.63) is 121 Å². The van der Waals surface area contributed by atoms with Crippen molar-refractivity contribution in [2.24, 2.45) is 0 Å². The number of fused-ring (bicyclic) bond motifs is 3. The first-order chi connectivity index (χ1) is 15.8. The predicted octanol–water partition coefficient (Wildman–Crippen LogP) is 6.46. The first kappa shape index (κ1) is 18.8. The summed E-state index contributed by atoms with van der Waals surface area (Å²) in [5, 5.41) is 0. The molecule has 0 radical (unpaired) electrons. The van der Waals surface area contributed by atoms with Gasteiger partial charge in [0.1, 0.15) is 23.9 Å². The molecule has 1 aliphatic heterocycles. The maximum atomic E-state index is 14.0. The highest BCUT2D eigenvalue weighted by atomic mass is 19.1. The molecule has 32 heavy (non-hydrogen) atoms. The fraction of sp³-hybridized carbons (Fsp3) is 0.0690. The average Bonchev–Trinajstić information content (AvgIpc) is 3.29. The summed E-state index contributed by atoms with van der Waals surface area (Å²) in [5.41, 5.74) is 7.95. The third-order valence-electron chi connectivity index (χ3n) is 6.27. The van der Waals surface area contributed by atoms with E-state index in [-0.39, 0.29) is 5.82 Å². The van der Waals surface area contributed by atoms with Crippen molar-refractivity contribution < 1.29 is 8.96 Å². The van der Waals surface area contributed by atoms with Gasteiger partial charge in [-0.15, -0.1) is 0 Å². The Bertz CT molecular complexity index is 1360. The minimum absolute atomic E-state index is 0.176. The normalized spacial score (nSPS) is 12.3. The molecule has 0 saturated heterocycles. The second kappa shape index (κ2) is 7.61. The van der Waals surface area contributed by atoms with Crippen molar-refractivity contribution in [3.63, 3.8) is 0 Å². The Labute approximate surface area is 186 Å². The van der Waals surface area contributed by atoms with E-state index in [0.717, 1.165) is 35.6 Å². The molecular weight excluding hydrogens is 395 g/mol. The van der Waals surface area contributed by atoms with Gasteiger partial charge < -0.3 is 0 Å². The summed E-state index contributed by atoms with van der Waals surface area (Å²) in [6.45, 7) is 0.840. The lowest BCUT2D eigenvalue weighted by Gasteiger charge is -2.18. The zero-order valence-electron chi connectivity index (χ0n) is 17.6. The molecule has 3 heteroatoms. The van der Waals surface area contributed by atoms with Crippen molar-refractivity contribution in [1.82, 2.24) is 4.57 Å². The van der Waals surface area contributed by atoms with Crippen molar-refractivity contribution >= 4 is 0 Å². The van der Waals surface area contributed by atoms with Crippen LogP contribution < -0.4 is 4.57 Å². The molecule has 1 aromatic heterocycles. The Morgan fingerprint density at radius 2 is 1.34 bits per heavy atom. The molecule has 0 spiro atoms. The molecule has 0 N–H and O–H groups in total. The quantitative estimate of drug-likeness (QED) is 0.298. The van der Waals surface area contributed by atoms with Crippen molar-refractivity contribution in [1.29, 1.82) is 0 Å². The van der Waals surface area contributed by atoms with Crippen LogP contribution in [0.25, 0.3) is 39.3 Å². The van der Waals surface area contributed by atoms with Gasteiger partial charge >= 0.3 is 0 Å². The molecule has 6 rings (SSSR count). The summed E-state index contributed by atoms with van der Waals surface area (Å²) in [6.07, 6.45) is 5.11. The lowest BCUT2D eigenvalue weighted by atomic mass is 9.95. The van der Waals surface area contributed by atoms with Crippen molar-refractivity contribution in [3.8, 4) is 39.3 Å². The van der Waals surface area contributed by atoms with E-state index in [1.807, 2.05) is 18.2 Å². The fourth-order valence-corrected chi connectivity index (χ4v) is 4.80. The molecule has 2 heterocycles. The Morgan fingerprint density at radius 1 is 0.688 bits per heavy atom. The molecule has 0 fully saturated rings. The molecule has 0 bridgehead atoms. The standard InChI is InChI=1S/C29H22FN2/c30-24-14-15-27-23(20-24)16-17-31-18-19-32(29(27)31)28-25(21-8-3-1-4-9-21)12-7-13-26(28)22-10-5-2-6-11-22/h1-15,18-20H,16-17H2/q+1. The highest BCUT2D eigenvalue weighted by Crippen LogP contribution is 2.38. The number of benzene rings is 4. The first-order valence-corrected chi connectivity index (χ1v) is 10.9. The number of hydrogen-bond acceptors (Lipinski definition) is 0. The Morgan fingerprint density at radius 3 is 2.00 bits per heavy atom. The zero-order valence-corrected chi connectivity index (χ0v) is 17.6. The van der Waals surface area contributed by atoms with Crippen LogP contribution in [0.4, 0.5) is 4.39 Å². The van der Waals surface area contributed by atoms with E-state index in [1.165, 1.54) is 22.3 Å². The molecule has 4 aromatic carbocycles. The predicted molar refractivity (Wildman–Crippen MR) is 126 cm³/mol. The van der Waals surface area contributed by atoms with Gasteiger partial charge in [-0.05, 0) is 34.9 Å². The molecule has 0 saturated carbocycles. The molecule has 0 aliphatic carbocycles. The highest BCUT2D eigenvalue weighted by Gasteiger charge is 2.30.